The lowest BCUT2D eigenvalue weighted by Crippen LogP contribution is -2.05. The highest BCUT2D eigenvalue weighted by Gasteiger charge is 2.12. The quantitative estimate of drug-likeness (QED) is 0.606. The molecule has 0 aliphatic heterocycles. The van der Waals surface area contributed by atoms with Gasteiger partial charge in [-0.05, 0) is 24.6 Å². The van der Waals surface area contributed by atoms with Crippen LogP contribution in [0.15, 0.2) is 12.1 Å². The van der Waals surface area contributed by atoms with Crippen LogP contribution in [0, 0.1) is 12.3 Å². The van der Waals surface area contributed by atoms with Gasteiger partial charge in [0, 0.05) is 5.02 Å². The first-order valence-corrected chi connectivity index (χ1v) is 4.45. The predicted octanol–water partition coefficient (Wildman–Crippen LogP) is 2.63. The largest absolute Gasteiger partial charge is 0.496 e. The molecule has 0 amide bonds. The van der Waals surface area contributed by atoms with Crippen molar-refractivity contribution < 1.29 is 9.47 Å². The number of rotatable bonds is 2. The Kier molecular flexibility index (Phi) is 3.36. The molecule has 0 heterocycles. The first kappa shape index (κ1) is 10.9. The first-order chi connectivity index (χ1) is 6.60. The number of methoxy groups -OCH3 is 2. The maximum absolute atomic E-state index is 7.56. The van der Waals surface area contributed by atoms with E-state index in [4.69, 9.17) is 26.5 Å². The summed E-state index contributed by atoms with van der Waals surface area (Å²) >= 11 is 5.87. The van der Waals surface area contributed by atoms with Gasteiger partial charge in [-0.15, -0.1) is 0 Å². The molecule has 1 N–H and O–H groups in total. The van der Waals surface area contributed by atoms with Gasteiger partial charge in [0.1, 0.15) is 5.75 Å². The van der Waals surface area contributed by atoms with Crippen molar-refractivity contribution in [2.75, 3.05) is 14.2 Å². The fraction of sp³-hybridized carbons (Fsp3) is 0.300. The van der Waals surface area contributed by atoms with Crippen LogP contribution in [-0.2, 0) is 4.74 Å². The second-order valence-electron chi connectivity index (χ2n) is 2.84. The van der Waals surface area contributed by atoms with Crippen molar-refractivity contribution in [3.63, 3.8) is 0 Å². The van der Waals surface area contributed by atoms with Crippen LogP contribution in [0.25, 0.3) is 0 Å². The zero-order valence-electron chi connectivity index (χ0n) is 8.35. The van der Waals surface area contributed by atoms with Crippen molar-refractivity contribution in [3.05, 3.63) is 28.3 Å². The summed E-state index contributed by atoms with van der Waals surface area (Å²) in [5, 5.41) is 8.12. The molecule has 0 unspecified atom stereocenters. The summed E-state index contributed by atoms with van der Waals surface area (Å²) < 4.78 is 10.0. The Morgan fingerprint density at radius 2 is 2.00 bits per heavy atom. The maximum atomic E-state index is 7.56. The SMILES string of the molecule is COC(=N)c1cc(Cl)cc(C)c1OC. The van der Waals surface area contributed by atoms with Gasteiger partial charge >= 0.3 is 0 Å². The fourth-order valence-electron chi connectivity index (χ4n) is 1.28. The van der Waals surface area contributed by atoms with Gasteiger partial charge in [-0.1, -0.05) is 11.6 Å². The molecule has 0 spiro atoms. The van der Waals surface area contributed by atoms with E-state index in [1.54, 1.807) is 19.2 Å². The van der Waals surface area contributed by atoms with E-state index in [1.165, 1.54) is 7.11 Å². The van der Waals surface area contributed by atoms with Crippen molar-refractivity contribution in [3.8, 4) is 5.75 Å². The Hall–Kier alpha value is -1.22. The number of hydrogen-bond donors (Lipinski definition) is 1. The van der Waals surface area contributed by atoms with E-state index in [1.807, 2.05) is 6.92 Å². The molecule has 1 aromatic rings. The fourth-order valence-corrected chi connectivity index (χ4v) is 1.55. The van der Waals surface area contributed by atoms with Gasteiger partial charge in [0.15, 0.2) is 0 Å². The number of halogens is 1. The van der Waals surface area contributed by atoms with Crippen LogP contribution >= 0.6 is 11.6 Å². The van der Waals surface area contributed by atoms with E-state index in [-0.39, 0.29) is 5.90 Å². The molecule has 0 aliphatic carbocycles. The third-order valence-corrected chi connectivity index (χ3v) is 2.11. The zero-order chi connectivity index (χ0) is 10.7. The maximum Gasteiger partial charge on any atom is 0.216 e. The molecule has 0 radical (unpaired) electrons. The van der Waals surface area contributed by atoms with Gasteiger partial charge in [0.05, 0.1) is 19.8 Å². The van der Waals surface area contributed by atoms with Crippen LogP contribution in [-0.4, -0.2) is 20.1 Å². The Morgan fingerprint density at radius 3 is 2.50 bits per heavy atom. The monoisotopic (exact) mass is 213 g/mol. The van der Waals surface area contributed by atoms with E-state index in [0.717, 1.165) is 5.56 Å². The normalized spacial score (nSPS) is 9.71. The van der Waals surface area contributed by atoms with Gasteiger partial charge in [-0.3, -0.25) is 5.41 Å². The number of benzene rings is 1. The minimum absolute atomic E-state index is 0.0486. The lowest BCUT2D eigenvalue weighted by molar-refractivity contribution is 0.386. The number of ether oxygens (including phenoxy) is 2. The molecule has 1 rings (SSSR count). The highest BCUT2D eigenvalue weighted by atomic mass is 35.5. The topological polar surface area (TPSA) is 42.3 Å². The Morgan fingerprint density at radius 1 is 1.36 bits per heavy atom. The van der Waals surface area contributed by atoms with Crippen LogP contribution in [0.3, 0.4) is 0 Å². The summed E-state index contributed by atoms with van der Waals surface area (Å²) in [6, 6.07) is 3.44. The molecule has 0 aliphatic rings. The van der Waals surface area contributed by atoms with Crippen molar-refractivity contribution in [1.82, 2.24) is 0 Å². The second kappa shape index (κ2) is 4.33. The Balaban J connectivity index is 3.32. The molecule has 0 aromatic heterocycles. The summed E-state index contributed by atoms with van der Waals surface area (Å²) in [6.07, 6.45) is 0. The van der Waals surface area contributed by atoms with Gasteiger partial charge in [0.2, 0.25) is 5.90 Å². The van der Waals surface area contributed by atoms with E-state index < -0.39 is 0 Å². The van der Waals surface area contributed by atoms with Crippen molar-refractivity contribution in [1.29, 1.82) is 5.41 Å². The molecule has 0 atom stereocenters. The molecule has 0 saturated carbocycles. The highest BCUT2D eigenvalue weighted by molar-refractivity contribution is 6.31. The van der Waals surface area contributed by atoms with Crippen LogP contribution < -0.4 is 4.74 Å². The van der Waals surface area contributed by atoms with Crippen LogP contribution in [0.2, 0.25) is 5.02 Å². The van der Waals surface area contributed by atoms with Crippen molar-refractivity contribution in [2.45, 2.75) is 6.92 Å². The molecule has 0 bridgehead atoms. The van der Waals surface area contributed by atoms with E-state index in [2.05, 4.69) is 0 Å². The number of aryl methyl sites for hydroxylation is 1. The van der Waals surface area contributed by atoms with Crippen LogP contribution in [0.4, 0.5) is 0 Å². The third-order valence-electron chi connectivity index (χ3n) is 1.89. The summed E-state index contributed by atoms with van der Waals surface area (Å²) in [7, 11) is 3.00. The minimum Gasteiger partial charge on any atom is -0.496 e. The Labute approximate surface area is 88.1 Å². The average molecular weight is 214 g/mol. The van der Waals surface area contributed by atoms with Gasteiger partial charge in [0.25, 0.3) is 0 Å². The number of hydrogen-bond acceptors (Lipinski definition) is 3. The molecular formula is C10H12ClNO2. The molecule has 4 heteroatoms. The predicted molar refractivity (Wildman–Crippen MR) is 56.6 cm³/mol. The van der Waals surface area contributed by atoms with Gasteiger partial charge < -0.3 is 9.47 Å². The molecule has 14 heavy (non-hydrogen) atoms. The van der Waals surface area contributed by atoms with Gasteiger partial charge in [-0.25, -0.2) is 0 Å². The second-order valence-corrected chi connectivity index (χ2v) is 3.27. The third kappa shape index (κ3) is 1.99. The van der Waals surface area contributed by atoms with Crippen LogP contribution in [0.5, 0.6) is 5.75 Å². The molecular weight excluding hydrogens is 202 g/mol. The van der Waals surface area contributed by atoms with Crippen molar-refractivity contribution in [2.24, 2.45) is 0 Å². The standard InChI is InChI=1S/C10H12ClNO2/c1-6-4-7(11)5-8(9(6)13-2)10(12)14-3/h4-5,12H,1-3H3. The molecule has 1 aromatic carbocycles. The van der Waals surface area contributed by atoms with Gasteiger partial charge in [-0.2, -0.15) is 0 Å². The Bertz CT molecular complexity index is 363. The average Bonchev–Trinajstić information content (AvgIpc) is 2.15. The minimum atomic E-state index is 0.0486. The lowest BCUT2D eigenvalue weighted by atomic mass is 10.1. The molecule has 0 saturated heterocycles. The van der Waals surface area contributed by atoms with E-state index in [0.29, 0.717) is 16.3 Å². The smallest absolute Gasteiger partial charge is 0.216 e. The molecule has 76 valence electrons. The summed E-state index contributed by atoms with van der Waals surface area (Å²) in [4.78, 5) is 0. The molecule has 0 fully saturated rings. The summed E-state index contributed by atoms with van der Waals surface area (Å²) in [5.74, 6) is 0.675. The highest BCUT2D eigenvalue weighted by Crippen LogP contribution is 2.27. The summed E-state index contributed by atoms with van der Waals surface area (Å²) in [6.45, 7) is 1.87. The zero-order valence-corrected chi connectivity index (χ0v) is 9.11. The number of nitrogens with one attached hydrogen (secondary N) is 1. The first-order valence-electron chi connectivity index (χ1n) is 4.07. The van der Waals surface area contributed by atoms with Crippen LogP contribution in [0.1, 0.15) is 11.1 Å². The molecule has 3 nitrogen and oxygen atoms in total. The summed E-state index contributed by atoms with van der Waals surface area (Å²) in [5.41, 5.74) is 1.46. The lowest BCUT2D eigenvalue weighted by Gasteiger charge is -2.11. The van der Waals surface area contributed by atoms with Crippen molar-refractivity contribution >= 4 is 17.5 Å². The van der Waals surface area contributed by atoms with E-state index >= 15 is 0 Å². The van der Waals surface area contributed by atoms with E-state index in [9.17, 15) is 0 Å².